The number of anilines is 1. The van der Waals surface area contributed by atoms with Gasteiger partial charge < -0.3 is 24.4 Å². The van der Waals surface area contributed by atoms with Gasteiger partial charge in [0.15, 0.2) is 0 Å². The Kier molecular flexibility index (Phi) is 13.0. The first-order valence-electron chi connectivity index (χ1n) is 17.2. The van der Waals surface area contributed by atoms with E-state index in [1.54, 1.807) is 4.90 Å². The third-order valence-corrected chi connectivity index (χ3v) is 8.94. The summed E-state index contributed by atoms with van der Waals surface area (Å²) in [5, 5.41) is 11.7. The van der Waals surface area contributed by atoms with Crippen LogP contribution in [0.25, 0.3) is 22.5 Å². The van der Waals surface area contributed by atoms with Gasteiger partial charge in [0.2, 0.25) is 11.8 Å². The van der Waals surface area contributed by atoms with Crippen molar-refractivity contribution >= 4 is 29.3 Å². The number of Topliss-reactive ketones (excluding diaryl/α,β-unsaturated/α-hetero) is 1. The molecule has 12 nitrogen and oxygen atoms in total. The predicted octanol–water partition coefficient (Wildman–Crippen LogP) is 5.37. The lowest BCUT2D eigenvalue weighted by atomic mass is 9.80. The zero-order valence-corrected chi connectivity index (χ0v) is 30.4. The summed E-state index contributed by atoms with van der Waals surface area (Å²) in [5.41, 5.74) is 3.20. The second-order valence-electron chi connectivity index (χ2n) is 14.2. The fourth-order valence-electron chi connectivity index (χ4n) is 6.06. The summed E-state index contributed by atoms with van der Waals surface area (Å²) in [4.78, 5) is 53.5. The van der Waals surface area contributed by atoms with Crippen molar-refractivity contribution in [3.05, 3.63) is 54.1 Å². The number of amides is 2. The van der Waals surface area contributed by atoms with Crippen LogP contribution < -0.4 is 10.2 Å². The SMILES string of the molecule is COCCOC(=O)Cn1nnc2c1-c1ccccc1CN(C(=O)CCC(=O)NCCC(C)(C)OCCC(C)(C)C(=O)C(C)C)c1ccccc1-2. The van der Waals surface area contributed by atoms with Gasteiger partial charge in [-0.2, -0.15) is 0 Å². The number of esters is 1. The largest absolute Gasteiger partial charge is 0.462 e. The standard InChI is InChI=1S/C38H51N5O7/c1-26(2)36(47)37(3,4)19-21-50-38(5,6)18-20-39-31(44)16-17-32(45)42-24-27-12-8-9-13-28(27)35-34(29-14-10-11-15-30(29)42)40-41-43(35)25-33(46)49-23-22-48-7/h8-15,26H,16-25H2,1-7H3,(H,39,44). The van der Waals surface area contributed by atoms with Crippen LogP contribution in [0.1, 0.15) is 72.8 Å². The first kappa shape index (κ1) is 38.4. The molecule has 0 bridgehead atoms. The highest BCUT2D eigenvalue weighted by molar-refractivity contribution is 6.01. The Labute approximate surface area is 294 Å². The highest BCUT2D eigenvalue weighted by Crippen LogP contribution is 2.41. The van der Waals surface area contributed by atoms with Gasteiger partial charge in [-0.3, -0.25) is 19.2 Å². The van der Waals surface area contributed by atoms with Gasteiger partial charge in [-0.15, -0.1) is 5.10 Å². The van der Waals surface area contributed by atoms with Gasteiger partial charge in [-0.25, -0.2) is 4.68 Å². The van der Waals surface area contributed by atoms with Crippen molar-refractivity contribution in [2.24, 2.45) is 11.3 Å². The highest BCUT2D eigenvalue weighted by atomic mass is 16.6. The first-order valence-corrected chi connectivity index (χ1v) is 17.2. The molecule has 0 aliphatic carbocycles. The van der Waals surface area contributed by atoms with E-state index in [9.17, 15) is 19.2 Å². The molecule has 2 amide bonds. The molecule has 2 aromatic carbocycles. The summed E-state index contributed by atoms with van der Waals surface area (Å²) in [5.74, 6) is -0.703. The van der Waals surface area contributed by atoms with Crippen molar-refractivity contribution in [3.8, 4) is 22.5 Å². The molecule has 2 heterocycles. The molecule has 1 aromatic heterocycles. The number of nitrogens with zero attached hydrogens (tertiary/aromatic N) is 4. The Bertz CT molecular complexity index is 1660. The van der Waals surface area contributed by atoms with E-state index in [1.165, 1.54) is 11.8 Å². The summed E-state index contributed by atoms with van der Waals surface area (Å²) in [6.07, 6.45) is 1.23. The molecular formula is C38H51N5O7. The number of carbonyl (C=O) groups is 4. The second-order valence-corrected chi connectivity index (χ2v) is 14.2. The van der Waals surface area contributed by atoms with Crippen molar-refractivity contribution in [2.75, 3.05) is 38.4 Å². The van der Waals surface area contributed by atoms with E-state index in [4.69, 9.17) is 14.2 Å². The van der Waals surface area contributed by atoms with Crippen LogP contribution in [0, 0.1) is 11.3 Å². The molecule has 1 N–H and O–H groups in total. The number of rotatable bonds is 17. The monoisotopic (exact) mass is 689 g/mol. The number of ether oxygens (including phenoxy) is 3. The number of nitrogens with one attached hydrogen (secondary N) is 1. The normalized spacial score (nSPS) is 12.8. The van der Waals surface area contributed by atoms with Gasteiger partial charge in [-0.05, 0) is 38.3 Å². The smallest absolute Gasteiger partial charge is 0.327 e. The summed E-state index contributed by atoms with van der Waals surface area (Å²) < 4.78 is 17.9. The first-order chi connectivity index (χ1) is 23.7. The lowest BCUT2D eigenvalue weighted by Gasteiger charge is -2.30. The Morgan fingerprint density at radius 3 is 2.32 bits per heavy atom. The molecule has 0 saturated heterocycles. The van der Waals surface area contributed by atoms with Crippen LogP contribution in [0.5, 0.6) is 0 Å². The maximum atomic E-state index is 13.8. The van der Waals surface area contributed by atoms with Gasteiger partial charge in [-0.1, -0.05) is 75.4 Å². The van der Waals surface area contributed by atoms with E-state index in [0.717, 1.165) is 11.1 Å². The van der Waals surface area contributed by atoms with Crippen molar-refractivity contribution in [2.45, 2.75) is 85.9 Å². The average molecular weight is 690 g/mol. The highest BCUT2D eigenvalue weighted by Gasteiger charge is 2.31. The summed E-state index contributed by atoms with van der Waals surface area (Å²) in [7, 11) is 1.54. The number of benzene rings is 2. The average Bonchev–Trinajstić information content (AvgIpc) is 3.47. The molecule has 1 aliphatic rings. The van der Waals surface area contributed by atoms with Crippen molar-refractivity contribution in [1.82, 2.24) is 20.3 Å². The van der Waals surface area contributed by atoms with E-state index in [1.807, 2.05) is 90.1 Å². The van der Waals surface area contributed by atoms with Gasteiger partial charge in [0.25, 0.3) is 0 Å². The minimum Gasteiger partial charge on any atom is -0.462 e. The zero-order valence-electron chi connectivity index (χ0n) is 30.4. The maximum absolute atomic E-state index is 13.8. The number of hydrogen-bond donors (Lipinski definition) is 1. The van der Waals surface area contributed by atoms with Crippen molar-refractivity contribution < 1.29 is 33.4 Å². The van der Waals surface area contributed by atoms with Crippen molar-refractivity contribution in [3.63, 3.8) is 0 Å². The number of fused-ring (bicyclic) bond motifs is 5. The number of methoxy groups -OCH3 is 1. The summed E-state index contributed by atoms with van der Waals surface area (Å²) in [6.45, 7) is 13.0. The van der Waals surface area contributed by atoms with E-state index in [-0.39, 0.29) is 56.1 Å². The maximum Gasteiger partial charge on any atom is 0.327 e. The van der Waals surface area contributed by atoms with Gasteiger partial charge >= 0.3 is 5.97 Å². The van der Waals surface area contributed by atoms with Crippen LogP contribution >= 0.6 is 0 Å². The Balaban J connectivity index is 1.40. The molecule has 0 atom stereocenters. The van der Waals surface area contributed by atoms with Crippen LogP contribution in [0.3, 0.4) is 0 Å². The number of ketones is 1. The topological polar surface area (TPSA) is 142 Å². The number of hydrogen-bond acceptors (Lipinski definition) is 9. The molecule has 0 unspecified atom stereocenters. The summed E-state index contributed by atoms with van der Waals surface area (Å²) in [6, 6.07) is 15.1. The van der Waals surface area contributed by atoms with Gasteiger partial charge in [0.05, 0.1) is 30.1 Å². The molecule has 3 aromatic rings. The fraction of sp³-hybridized carbons (Fsp3) is 0.526. The molecule has 4 rings (SSSR count). The molecule has 0 saturated carbocycles. The minimum absolute atomic E-state index is 0.00799. The second kappa shape index (κ2) is 17.0. The van der Waals surface area contributed by atoms with E-state index in [0.29, 0.717) is 55.2 Å². The van der Waals surface area contributed by atoms with Crippen LogP contribution in [-0.4, -0.2) is 77.6 Å². The van der Waals surface area contributed by atoms with Crippen LogP contribution in [0.2, 0.25) is 0 Å². The number of carbonyl (C=O) groups excluding carboxylic acids is 4. The van der Waals surface area contributed by atoms with Crippen molar-refractivity contribution in [1.29, 1.82) is 0 Å². The third-order valence-electron chi connectivity index (χ3n) is 8.94. The molecule has 270 valence electrons. The van der Waals surface area contributed by atoms with Crippen LogP contribution in [0.15, 0.2) is 48.5 Å². The van der Waals surface area contributed by atoms with Crippen LogP contribution in [0.4, 0.5) is 5.69 Å². The molecule has 1 aliphatic heterocycles. The quantitative estimate of drug-likeness (QED) is 0.146. The fourth-order valence-corrected chi connectivity index (χ4v) is 6.06. The molecule has 0 fully saturated rings. The lowest BCUT2D eigenvalue weighted by molar-refractivity contribution is -0.145. The Hall–Kier alpha value is -4.42. The van der Waals surface area contributed by atoms with E-state index >= 15 is 0 Å². The Morgan fingerprint density at radius 1 is 0.900 bits per heavy atom. The van der Waals surface area contributed by atoms with Gasteiger partial charge in [0.1, 0.15) is 24.6 Å². The molecule has 0 radical (unpaired) electrons. The van der Waals surface area contributed by atoms with E-state index in [2.05, 4.69) is 15.6 Å². The molecule has 0 spiro atoms. The predicted molar refractivity (Wildman–Crippen MR) is 190 cm³/mol. The number of aromatic nitrogens is 3. The van der Waals surface area contributed by atoms with E-state index < -0.39 is 17.0 Å². The molecule has 50 heavy (non-hydrogen) atoms. The summed E-state index contributed by atoms with van der Waals surface area (Å²) >= 11 is 0. The third kappa shape index (κ3) is 9.85. The lowest BCUT2D eigenvalue weighted by Crippen LogP contribution is -2.36. The van der Waals surface area contributed by atoms with Gasteiger partial charge in [0, 0.05) is 55.6 Å². The number of para-hydroxylation sites is 1. The minimum atomic E-state index is -0.493. The molecule has 12 heteroatoms. The molecular weight excluding hydrogens is 638 g/mol. The zero-order chi connectivity index (χ0) is 36.5. The van der Waals surface area contributed by atoms with Crippen LogP contribution in [-0.2, 0) is 46.5 Å². The Morgan fingerprint density at radius 2 is 1.60 bits per heavy atom.